The first-order valence-corrected chi connectivity index (χ1v) is 5.71. The van der Waals surface area contributed by atoms with Crippen LogP contribution in [0, 0.1) is 0 Å². The van der Waals surface area contributed by atoms with Crippen molar-refractivity contribution in [3.05, 3.63) is 41.6 Å². The maximum Gasteiger partial charge on any atom is 0.270 e. The largest absolute Gasteiger partial charge is 0.293 e. The van der Waals surface area contributed by atoms with Gasteiger partial charge in [0.2, 0.25) is 0 Å². The van der Waals surface area contributed by atoms with Gasteiger partial charge in [-0.3, -0.25) is 24.7 Å². The Balaban J connectivity index is 2.09. The maximum atomic E-state index is 12.3. The lowest BCUT2D eigenvalue weighted by molar-refractivity contribution is -0.129. The molecule has 6 nitrogen and oxygen atoms in total. The van der Waals surface area contributed by atoms with Crippen molar-refractivity contribution in [1.29, 1.82) is 0 Å². The fourth-order valence-electron chi connectivity index (χ4n) is 2.18. The van der Waals surface area contributed by atoms with Crippen LogP contribution in [0.1, 0.15) is 6.92 Å². The van der Waals surface area contributed by atoms with Crippen LogP contribution in [0.25, 0.3) is 0 Å². The maximum absolute atomic E-state index is 12.3. The Morgan fingerprint density at radius 3 is 2.58 bits per heavy atom. The van der Waals surface area contributed by atoms with E-state index >= 15 is 0 Å². The third kappa shape index (κ3) is 1.57. The summed E-state index contributed by atoms with van der Waals surface area (Å²) in [6.07, 6.45) is -1.04. The van der Waals surface area contributed by atoms with Crippen molar-refractivity contribution in [3.63, 3.8) is 0 Å². The summed E-state index contributed by atoms with van der Waals surface area (Å²) >= 11 is 0. The molecule has 1 saturated heterocycles. The van der Waals surface area contributed by atoms with Crippen LogP contribution < -0.4 is 10.4 Å². The van der Waals surface area contributed by atoms with Gasteiger partial charge in [-0.25, -0.2) is 4.90 Å². The van der Waals surface area contributed by atoms with Crippen molar-refractivity contribution in [2.75, 3.05) is 4.90 Å². The minimum Gasteiger partial charge on any atom is -0.293 e. The molecule has 0 aromatic heterocycles. The van der Waals surface area contributed by atoms with E-state index in [1.54, 1.807) is 30.3 Å². The van der Waals surface area contributed by atoms with Crippen LogP contribution in [0.2, 0.25) is 0 Å². The van der Waals surface area contributed by atoms with Crippen LogP contribution in [0.4, 0.5) is 5.69 Å². The van der Waals surface area contributed by atoms with Crippen LogP contribution in [0.15, 0.2) is 41.6 Å². The van der Waals surface area contributed by atoms with E-state index < -0.39 is 17.9 Å². The number of Topliss-reactive ketones (excluding diaryl/α,β-unsaturated/α-hetero) is 1. The average Bonchev–Trinajstić information content (AvgIpc) is 2.93. The lowest BCUT2D eigenvalue weighted by Gasteiger charge is -2.14. The molecule has 2 aliphatic rings. The van der Waals surface area contributed by atoms with Gasteiger partial charge in [0, 0.05) is 6.92 Å². The number of benzene rings is 1. The van der Waals surface area contributed by atoms with Crippen LogP contribution in [0.5, 0.6) is 0 Å². The summed E-state index contributed by atoms with van der Waals surface area (Å²) in [6.45, 7) is 1.31. The number of nitrogens with one attached hydrogen (secondary N) is 1. The van der Waals surface area contributed by atoms with Crippen molar-refractivity contribution in [3.8, 4) is 0 Å². The summed E-state index contributed by atoms with van der Waals surface area (Å²) in [4.78, 5) is 41.9. The molecule has 1 fully saturated rings. The normalized spacial score (nSPS) is 21.7. The number of para-hydroxylation sites is 1. The van der Waals surface area contributed by atoms with E-state index in [9.17, 15) is 14.4 Å². The molecule has 0 saturated carbocycles. The third-order valence-electron chi connectivity index (χ3n) is 3.05. The fourth-order valence-corrected chi connectivity index (χ4v) is 2.18. The summed E-state index contributed by atoms with van der Waals surface area (Å²) in [6, 6.07) is 8.54. The van der Waals surface area contributed by atoms with Gasteiger partial charge in [-0.1, -0.05) is 18.2 Å². The minimum atomic E-state index is -1.04. The minimum absolute atomic E-state index is 0.0572. The van der Waals surface area contributed by atoms with E-state index in [-0.39, 0.29) is 17.1 Å². The Morgan fingerprint density at radius 1 is 1.26 bits per heavy atom. The highest BCUT2D eigenvalue weighted by Gasteiger charge is 2.51. The molecule has 0 aliphatic carbocycles. The van der Waals surface area contributed by atoms with Gasteiger partial charge in [-0.15, -0.1) is 0 Å². The first-order chi connectivity index (χ1) is 9.11. The molecule has 96 valence electrons. The lowest BCUT2D eigenvalue weighted by Crippen LogP contribution is -2.34. The molecule has 2 aliphatic heterocycles. The van der Waals surface area contributed by atoms with Gasteiger partial charge in [-0.2, -0.15) is 0 Å². The number of fused-ring (bicyclic) bond motifs is 1. The van der Waals surface area contributed by atoms with Crippen molar-refractivity contribution >= 4 is 23.3 Å². The predicted molar refractivity (Wildman–Crippen MR) is 64.7 cm³/mol. The van der Waals surface area contributed by atoms with E-state index in [0.717, 1.165) is 4.90 Å². The molecule has 2 amide bonds. The number of imide groups is 1. The smallest absolute Gasteiger partial charge is 0.270 e. The zero-order valence-corrected chi connectivity index (χ0v) is 10.0. The molecular formula is C13H10N2O4. The molecule has 1 unspecified atom stereocenters. The van der Waals surface area contributed by atoms with Gasteiger partial charge < -0.3 is 0 Å². The van der Waals surface area contributed by atoms with Crippen molar-refractivity contribution in [2.24, 2.45) is 0 Å². The topological polar surface area (TPSA) is 75.7 Å². The van der Waals surface area contributed by atoms with E-state index in [2.05, 4.69) is 5.48 Å². The predicted octanol–water partition coefficient (Wildman–Crippen LogP) is 0.306. The van der Waals surface area contributed by atoms with Crippen LogP contribution in [0.3, 0.4) is 0 Å². The number of hydroxylamine groups is 1. The van der Waals surface area contributed by atoms with Gasteiger partial charge in [-0.05, 0) is 12.1 Å². The number of rotatable bonds is 2. The van der Waals surface area contributed by atoms with Gasteiger partial charge in [0.1, 0.15) is 5.70 Å². The molecule has 0 bridgehead atoms. The highest BCUT2D eigenvalue weighted by Crippen LogP contribution is 2.32. The second-order valence-corrected chi connectivity index (χ2v) is 4.26. The summed E-state index contributed by atoms with van der Waals surface area (Å²) in [5.41, 5.74) is 2.96. The number of ketones is 1. The van der Waals surface area contributed by atoms with Crippen molar-refractivity contribution in [1.82, 2.24) is 5.48 Å². The summed E-state index contributed by atoms with van der Waals surface area (Å²) in [5, 5.41) is 0. The summed E-state index contributed by atoms with van der Waals surface area (Å²) < 4.78 is 0. The lowest BCUT2D eigenvalue weighted by atomic mass is 10.1. The Morgan fingerprint density at radius 2 is 1.95 bits per heavy atom. The molecule has 19 heavy (non-hydrogen) atoms. The summed E-state index contributed by atoms with van der Waals surface area (Å²) in [5.74, 6) is -1.35. The van der Waals surface area contributed by atoms with Crippen molar-refractivity contribution < 1.29 is 19.2 Å². The second kappa shape index (κ2) is 4.03. The fraction of sp³-hybridized carbons (Fsp3) is 0.154. The Bertz CT molecular complexity index is 621. The number of amides is 2. The van der Waals surface area contributed by atoms with Crippen molar-refractivity contribution in [2.45, 2.75) is 13.0 Å². The van der Waals surface area contributed by atoms with Crippen LogP contribution in [-0.4, -0.2) is 23.7 Å². The number of hydrogen-bond acceptors (Lipinski definition) is 5. The van der Waals surface area contributed by atoms with Gasteiger partial charge >= 0.3 is 0 Å². The quantitative estimate of drug-likeness (QED) is 0.772. The first kappa shape index (κ1) is 11.6. The number of allylic oxidation sites excluding steroid dienone is 1. The van der Waals surface area contributed by atoms with Crippen LogP contribution >= 0.6 is 0 Å². The zero-order valence-electron chi connectivity index (χ0n) is 10.0. The van der Waals surface area contributed by atoms with E-state index in [1.165, 1.54) is 6.92 Å². The standard InChI is InChI=1S/C13H10N2O4/c1-7(16)10-9-11(19-14-10)13(18)15(12(9)17)8-5-3-2-4-6-8/h2-6,11,14H,1H3. The molecule has 0 radical (unpaired) electrons. The molecule has 1 aromatic rings. The summed E-state index contributed by atoms with van der Waals surface area (Å²) in [7, 11) is 0. The molecular weight excluding hydrogens is 248 g/mol. The molecule has 2 heterocycles. The van der Waals surface area contributed by atoms with Gasteiger partial charge in [0.25, 0.3) is 11.8 Å². The van der Waals surface area contributed by atoms with Crippen LogP contribution in [-0.2, 0) is 19.2 Å². The molecule has 1 atom stereocenters. The molecule has 6 heteroatoms. The monoisotopic (exact) mass is 258 g/mol. The molecule has 1 N–H and O–H groups in total. The number of carbonyl (C=O) groups excluding carboxylic acids is 3. The highest BCUT2D eigenvalue weighted by molar-refractivity contribution is 6.32. The number of nitrogens with zero attached hydrogens (tertiary/aromatic N) is 1. The number of anilines is 1. The zero-order chi connectivity index (χ0) is 13.6. The Hall–Kier alpha value is -2.47. The Kier molecular flexibility index (Phi) is 2.46. The van der Waals surface area contributed by atoms with E-state index in [1.807, 2.05) is 0 Å². The first-order valence-electron chi connectivity index (χ1n) is 5.71. The SMILES string of the molecule is CC(=O)C1=C2C(=O)N(c3ccccc3)C(=O)C2ON1. The van der Waals surface area contributed by atoms with Gasteiger partial charge in [0.15, 0.2) is 11.9 Å². The average molecular weight is 258 g/mol. The van der Waals surface area contributed by atoms with E-state index in [0.29, 0.717) is 5.69 Å². The molecule has 3 rings (SSSR count). The highest BCUT2D eigenvalue weighted by atomic mass is 16.7. The number of carbonyl (C=O) groups is 3. The second-order valence-electron chi connectivity index (χ2n) is 4.26. The van der Waals surface area contributed by atoms with E-state index in [4.69, 9.17) is 4.84 Å². The molecule has 1 aromatic carbocycles. The van der Waals surface area contributed by atoms with Gasteiger partial charge in [0.05, 0.1) is 11.3 Å². The number of hydrogen-bond donors (Lipinski definition) is 1. The third-order valence-corrected chi connectivity index (χ3v) is 3.05. The Labute approximate surface area is 108 Å². The molecule has 0 spiro atoms.